The average Bonchev–Trinajstić information content (AvgIpc) is 2.44. The van der Waals surface area contributed by atoms with Crippen LogP contribution in [0.4, 0.5) is 14.5 Å². The van der Waals surface area contributed by atoms with Gasteiger partial charge in [0.2, 0.25) is 0 Å². The molecule has 0 atom stereocenters. The molecule has 0 spiro atoms. The second-order valence-electron chi connectivity index (χ2n) is 3.84. The fraction of sp³-hybridized carbons (Fsp3) is 0.0714. The van der Waals surface area contributed by atoms with E-state index in [0.717, 1.165) is 0 Å². The number of nitrogens with two attached hydrogens (primary N) is 1. The Bertz CT molecular complexity index is 634. The molecule has 0 aliphatic heterocycles. The van der Waals surface area contributed by atoms with Crippen LogP contribution in [0.5, 0.6) is 23.0 Å². The summed E-state index contributed by atoms with van der Waals surface area (Å²) in [6, 6.07) is 10.3. The Morgan fingerprint density at radius 2 is 1.81 bits per heavy atom. The first kappa shape index (κ1) is 14.6. The average molecular weight is 295 g/mol. The monoisotopic (exact) mass is 295 g/mol. The summed E-state index contributed by atoms with van der Waals surface area (Å²) in [7, 11) is 0. The van der Waals surface area contributed by atoms with Crippen molar-refractivity contribution in [1.82, 2.24) is 0 Å². The summed E-state index contributed by atoms with van der Waals surface area (Å²) >= 11 is 0. The van der Waals surface area contributed by atoms with Gasteiger partial charge >= 0.3 is 6.61 Å². The zero-order chi connectivity index (χ0) is 15.2. The van der Waals surface area contributed by atoms with Crippen LogP contribution in [-0.2, 0) is 4.79 Å². The largest absolute Gasteiger partial charge is 0.451 e. The predicted octanol–water partition coefficient (Wildman–Crippen LogP) is 3.20. The molecule has 21 heavy (non-hydrogen) atoms. The maximum atomic E-state index is 12.4. The third-order valence-corrected chi connectivity index (χ3v) is 2.45. The van der Waals surface area contributed by atoms with Crippen molar-refractivity contribution in [3.05, 3.63) is 42.5 Å². The molecule has 2 N–H and O–H groups in total. The lowest BCUT2D eigenvalue weighted by Gasteiger charge is -2.13. The smallest absolute Gasteiger partial charge is 0.387 e. The van der Waals surface area contributed by atoms with Gasteiger partial charge in [-0.2, -0.15) is 8.78 Å². The number of ether oxygens (including phenoxy) is 3. The summed E-state index contributed by atoms with van der Waals surface area (Å²) < 4.78 is 39.2. The van der Waals surface area contributed by atoms with Gasteiger partial charge < -0.3 is 19.9 Å². The van der Waals surface area contributed by atoms with Crippen LogP contribution in [0.3, 0.4) is 0 Å². The van der Waals surface area contributed by atoms with Crippen molar-refractivity contribution in [2.24, 2.45) is 0 Å². The zero-order valence-corrected chi connectivity index (χ0v) is 10.7. The van der Waals surface area contributed by atoms with Crippen molar-refractivity contribution in [3.8, 4) is 23.0 Å². The van der Waals surface area contributed by atoms with Crippen molar-refractivity contribution >= 4 is 12.2 Å². The number of benzene rings is 2. The van der Waals surface area contributed by atoms with E-state index in [4.69, 9.17) is 10.5 Å². The van der Waals surface area contributed by atoms with Crippen LogP contribution < -0.4 is 19.9 Å². The number of anilines is 1. The quantitative estimate of drug-likeness (QED) is 0.654. The number of para-hydroxylation sites is 2. The lowest BCUT2D eigenvalue weighted by molar-refractivity contribution is -0.120. The minimum atomic E-state index is -3.02. The minimum Gasteiger partial charge on any atom is -0.451 e. The molecule has 7 heteroatoms. The topological polar surface area (TPSA) is 70.8 Å². The SMILES string of the molecule is Nc1ccccc1Oc1cc(OC=O)ccc1OC(F)F. The van der Waals surface area contributed by atoms with E-state index in [1.54, 1.807) is 24.3 Å². The third kappa shape index (κ3) is 3.82. The minimum absolute atomic E-state index is 0.0486. The highest BCUT2D eigenvalue weighted by Crippen LogP contribution is 2.37. The van der Waals surface area contributed by atoms with Gasteiger partial charge in [0.15, 0.2) is 17.2 Å². The molecule has 0 unspecified atom stereocenters. The number of halogens is 2. The molecule has 2 aromatic carbocycles. The molecule has 0 fully saturated rings. The molecule has 0 heterocycles. The first-order valence-corrected chi connectivity index (χ1v) is 5.81. The molecular weight excluding hydrogens is 284 g/mol. The molecule has 0 aliphatic rings. The Labute approximate surface area is 118 Å². The number of alkyl halides is 2. The molecule has 5 nitrogen and oxygen atoms in total. The number of hydrogen-bond acceptors (Lipinski definition) is 5. The molecule has 0 bridgehead atoms. The van der Waals surface area contributed by atoms with Crippen molar-refractivity contribution in [2.45, 2.75) is 6.61 Å². The second-order valence-corrected chi connectivity index (χ2v) is 3.84. The Kier molecular flexibility index (Phi) is 4.55. The highest BCUT2D eigenvalue weighted by molar-refractivity contribution is 5.57. The number of carbonyl (C=O) groups is 1. The summed E-state index contributed by atoms with van der Waals surface area (Å²) in [5, 5.41) is 0. The van der Waals surface area contributed by atoms with Crippen LogP contribution in [0.15, 0.2) is 42.5 Å². The molecule has 2 rings (SSSR count). The second kappa shape index (κ2) is 6.56. The molecular formula is C14H11F2NO4. The van der Waals surface area contributed by atoms with Crippen LogP contribution in [0, 0.1) is 0 Å². The highest BCUT2D eigenvalue weighted by atomic mass is 19.3. The Morgan fingerprint density at radius 1 is 1.05 bits per heavy atom. The van der Waals surface area contributed by atoms with Crippen molar-refractivity contribution in [2.75, 3.05) is 5.73 Å². The summed E-state index contributed by atoms with van der Waals surface area (Å²) in [5.41, 5.74) is 6.04. The molecule has 2 aromatic rings. The highest BCUT2D eigenvalue weighted by Gasteiger charge is 2.14. The summed E-state index contributed by atoms with van der Waals surface area (Å²) in [6.07, 6.45) is 0. The predicted molar refractivity (Wildman–Crippen MR) is 70.7 cm³/mol. The standard InChI is InChI=1S/C14H11F2NO4/c15-14(16)21-12-6-5-9(19-8-18)7-13(12)20-11-4-2-1-3-10(11)17/h1-8,14H,17H2. The van der Waals surface area contributed by atoms with E-state index in [9.17, 15) is 13.6 Å². The van der Waals surface area contributed by atoms with Crippen LogP contribution >= 0.6 is 0 Å². The molecule has 0 aliphatic carbocycles. The van der Waals surface area contributed by atoms with Crippen molar-refractivity contribution in [3.63, 3.8) is 0 Å². The molecule has 0 aromatic heterocycles. The van der Waals surface area contributed by atoms with Crippen LogP contribution in [0.2, 0.25) is 0 Å². The van der Waals surface area contributed by atoms with Crippen LogP contribution in [0.25, 0.3) is 0 Å². The fourth-order valence-electron chi connectivity index (χ4n) is 1.58. The first-order valence-electron chi connectivity index (χ1n) is 5.81. The summed E-state index contributed by atoms with van der Waals surface area (Å²) in [6.45, 7) is -2.80. The molecule has 0 saturated carbocycles. The van der Waals surface area contributed by atoms with Gasteiger partial charge in [-0.3, -0.25) is 4.79 Å². The van der Waals surface area contributed by atoms with Gasteiger partial charge in [-0.1, -0.05) is 12.1 Å². The van der Waals surface area contributed by atoms with Gasteiger partial charge in [0.1, 0.15) is 5.75 Å². The van der Waals surface area contributed by atoms with Crippen LogP contribution in [-0.4, -0.2) is 13.1 Å². The Morgan fingerprint density at radius 3 is 2.48 bits per heavy atom. The molecule has 0 amide bonds. The van der Waals surface area contributed by atoms with Gasteiger partial charge in [-0.15, -0.1) is 0 Å². The van der Waals surface area contributed by atoms with Gasteiger partial charge in [0, 0.05) is 6.07 Å². The molecule has 0 radical (unpaired) electrons. The van der Waals surface area contributed by atoms with Gasteiger partial charge in [0.25, 0.3) is 6.47 Å². The van der Waals surface area contributed by atoms with E-state index in [2.05, 4.69) is 9.47 Å². The van der Waals surface area contributed by atoms with E-state index >= 15 is 0 Å². The third-order valence-electron chi connectivity index (χ3n) is 2.45. The first-order chi connectivity index (χ1) is 10.1. The van der Waals surface area contributed by atoms with Gasteiger partial charge in [-0.05, 0) is 24.3 Å². The van der Waals surface area contributed by atoms with E-state index in [0.29, 0.717) is 5.69 Å². The fourth-order valence-corrected chi connectivity index (χ4v) is 1.58. The lowest BCUT2D eigenvalue weighted by atomic mass is 10.2. The van der Waals surface area contributed by atoms with E-state index in [1.165, 1.54) is 18.2 Å². The zero-order valence-electron chi connectivity index (χ0n) is 10.7. The number of nitrogen functional groups attached to an aromatic ring is 1. The lowest BCUT2D eigenvalue weighted by Crippen LogP contribution is -2.04. The normalized spacial score (nSPS) is 10.2. The van der Waals surface area contributed by atoms with Crippen LogP contribution in [0.1, 0.15) is 0 Å². The maximum Gasteiger partial charge on any atom is 0.387 e. The maximum absolute atomic E-state index is 12.4. The number of rotatable bonds is 6. The molecule has 0 saturated heterocycles. The summed E-state index contributed by atoms with van der Waals surface area (Å²) in [4.78, 5) is 10.3. The molecule has 110 valence electrons. The van der Waals surface area contributed by atoms with E-state index < -0.39 is 6.61 Å². The number of carbonyl (C=O) groups excluding carboxylic acids is 1. The van der Waals surface area contributed by atoms with Crippen molar-refractivity contribution in [1.29, 1.82) is 0 Å². The van der Waals surface area contributed by atoms with Gasteiger partial charge in [0.05, 0.1) is 5.69 Å². The van der Waals surface area contributed by atoms with E-state index in [-0.39, 0.29) is 29.5 Å². The van der Waals surface area contributed by atoms with Gasteiger partial charge in [-0.25, -0.2) is 0 Å². The van der Waals surface area contributed by atoms with E-state index in [1.807, 2.05) is 0 Å². The Balaban J connectivity index is 2.35. The summed E-state index contributed by atoms with van der Waals surface area (Å²) in [5.74, 6) is 0.134. The van der Waals surface area contributed by atoms with Crippen molar-refractivity contribution < 1.29 is 27.8 Å². The Hall–Kier alpha value is -2.83. The number of hydrogen-bond donors (Lipinski definition) is 1.